The minimum absolute atomic E-state index is 0.0741. The molecule has 2 N–H and O–H groups in total. The van der Waals surface area contributed by atoms with Gasteiger partial charge in [-0.05, 0) is 67.7 Å². The van der Waals surface area contributed by atoms with Crippen LogP contribution >= 0.6 is 0 Å². The van der Waals surface area contributed by atoms with Crippen LogP contribution in [0.5, 0.6) is 5.75 Å². The van der Waals surface area contributed by atoms with Gasteiger partial charge >= 0.3 is 5.97 Å². The summed E-state index contributed by atoms with van der Waals surface area (Å²) >= 11 is 0. The van der Waals surface area contributed by atoms with Gasteiger partial charge in [0.1, 0.15) is 17.3 Å². The number of carbonyl (C=O) groups is 2. The molecule has 206 valence electrons. The van der Waals surface area contributed by atoms with E-state index in [4.69, 9.17) is 25.5 Å². The monoisotopic (exact) mass is 530 g/mol. The molecule has 8 heteroatoms. The summed E-state index contributed by atoms with van der Waals surface area (Å²) < 4.78 is 6.23. The number of ketones is 1. The molecule has 0 atom stereocenters. The Balaban J connectivity index is 1.55. The maximum absolute atomic E-state index is 13.6. The lowest BCUT2D eigenvalue weighted by atomic mass is 9.82. The third kappa shape index (κ3) is 7.03. The largest absolute Gasteiger partial charge is 0.493 e. The van der Waals surface area contributed by atoms with Crippen LogP contribution in [0, 0.1) is 16.7 Å². The summed E-state index contributed by atoms with van der Waals surface area (Å²) in [4.78, 5) is 31.0. The molecule has 1 aromatic heterocycles. The molecule has 4 rings (SSSR count). The van der Waals surface area contributed by atoms with Crippen molar-refractivity contribution in [2.75, 3.05) is 13.2 Å². The lowest BCUT2D eigenvalue weighted by molar-refractivity contribution is -0.137. The molecule has 39 heavy (non-hydrogen) atoms. The molecule has 1 aromatic carbocycles. The molecule has 8 nitrogen and oxygen atoms in total. The van der Waals surface area contributed by atoms with Gasteiger partial charge in [0.05, 0.1) is 19.2 Å². The summed E-state index contributed by atoms with van der Waals surface area (Å²) in [6, 6.07) is 10.1. The van der Waals surface area contributed by atoms with Crippen molar-refractivity contribution in [3.05, 3.63) is 57.9 Å². The molecule has 2 heterocycles. The molecule has 1 aliphatic heterocycles. The standard InChI is InChI=1S/C31H38N4O4/c1-31(2,3)24-17-23(16-21(8-4-6-14-32)29(24)39-15-7-5-9-27(37)38)26(36)19-35-18-22-12-13-25(20-10-11-20)34-28(22)30(35)33/h12-13,16-17,20,33H,4-11,15,18-19H2,1-3H3,(H,37,38). The van der Waals surface area contributed by atoms with E-state index < -0.39 is 5.97 Å². The molecular weight excluding hydrogens is 492 g/mol. The fraction of sp³-hybridized carbons (Fsp3) is 0.516. The fourth-order valence-corrected chi connectivity index (χ4v) is 4.95. The topological polar surface area (TPSA) is 127 Å². The Kier molecular flexibility index (Phi) is 8.69. The average molecular weight is 531 g/mol. The number of nitriles is 1. The zero-order valence-electron chi connectivity index (χ0n) is 23.2. The van der Waals surface area contributed by atoms with Crippen LogP contribution in [0.4, 0.5) is 0 Å². The first kappa shape index (κ1) is 28.3. The van der Waals surface area contributed by atoms with Crippen LogP contribution in [0.15, 0.2) is 24.3 Å². The van der Waals surface area contributed by atoms with E-state index in [2.05, 4.69) is 32.9 Å². The van der Waals surface area contributed by atoms with Crippen molar-refractivity contribution in [1.82, 2.24) is 9.88 Å². The van der Waals surface area contributed by atoms with Crippen molar-refractivity contribution in [3.8, 4) is 11.8 Å². The highest BCUT2D eigenvalue weighted by Crippen LogP contribution is 2.40. The maximum Gasteiger partial charge on any atom is 0.303 e. The molecule has 0 unspecified atom stereocenters. The predicted octanol–water partition coefficient (Wildman–Crippen LogP) is 5.76. The second-order valence-corrected chi connectivity index (χ2v) is 11.6. The molecule has 1 saturated carbocycles. The molecule has 2 aliphatic rings. The minimum Gasteiger partial charge on any atom is -0.493 e. The summed E-state index contributed by atoms with van der Waals surface area (Å²) in [5, 5.41) is 26.7. The lowest BCUT2D eigenvalue weighted by Gasteiger charge is -2.26. The number of aryl methyl sites for hydroxylation is 1. The van der Waals surface area contributed by atoms with Gasteiger partial charge in [0, 0.05) is 47.7 Å². The lowest BCUT2D eigenvalue weighted by Crippen LogP contribution is -2.31. The van der Waals surface area contributed by atoms with E-state index in [0.29, 0.717) is 68.3 Å². The van der Waals surface area contributed by atoms with Crippen molar-refractivity contribution in [3.63, 3.8) is 0 Å². The number of carbonyl (C=O) groups excluding carboxylic acids is 1. The van der Waals surface area contributed by atoms with Crippen molar-refractivity contribution in [2.45, 2.75) is 90.0 Å². The zero-order valence-corrected chi connectivity index (χ0v) is 23.2. The van der Waals surface area contributed by atoms with Crippen LogP contribution in [-0.2, 0) is 23.2 Å². The number of fused-ring (bicyclic) bond motifs is 1. The molecule has 0 spiro atoms. The van der Waals surface area contributed by atoms with Gasteiger partial charge in [-0.25, -0.2) is 4.98 Å². The summed E-state index contributed by atoms with van der Waals surface area (Å²) in [5.41, 5.74) is 4.77. The van der Waals surface area contributed by atoms with Gasteiger partial charge in [0.2, 0.25) is 0 Å². The summed E-state index contributed by atoms with van der Waals surface area (Å²) in [6.45, 7) is 7.18. The molecule has 0 amide bonds. The highest BCUT2D eigenvalue weighted by Gasteiger charge is 2.32. The van der Waals surface area contributed by atoms with Crippen molar-refractivity contribution in [2.24, 2.45) is 0 Å². The number of carboxylic acids is 1. The molecule has 0 bridgehead atoms. The van der Waals surface area contributed by atoms with Crippen LogP contribution in [0.2, 0.25) is 0 Å². The number of unbranched alkanes of at least 4 members (excludes halogenated alkanes) is 2. The van der Waals surface area contributed by atoms with Gasteiger partial charge in [0.25, 0.3) is 0 Å². The van der Waals surface area contributed by atoms with E-state index in [9.17, 15) is 9.59 Å². The number of aromatic nitrogens is 1. The number of rotatable bonds is 13. The van der Waals surface area contributed by atoms with E-state index in [1.807, 2.05) is 18.2 Å². The number of nitrogens with one attached hydrogen (secondary N) is 1. The van der Waals surface area contributed by atoms with Gasteiger partial charge in [-0.2, -0.15) is 5.26 Å². The zero-order chi connectivity index (χ0) is 28.2. The highest BCUT2D eigenvalue weighted by molar-refractivity contribution is 6.04. The molecule has 2 aromatic rings. The van der Waals surface area contributed by atoms with Crippen LogP contribution in [0.3, 0.4) is 0 Å². The second-order valence-electron chi connectivity index (χ2n) is 11.6. The third-order valence-electron chi connectivity index (χ3n) is 7.29. The Bertz CT molecular complexity index is 1300. The van der Waals surface area contributed by atoms with Crippen LogP contribution in [-0.4, -0.2) is 45.7 Å². The van der Waals surface area contributed by atoms with E-state index >= 15 is 0 Å². The summed E-state index contributed by atoms with van der Waals surface area (Å²) in [5.74, 6) is 0.638. The van der Waals surface area contributed by atoms with Crippen LogP contribution < -0.4 is 4.74 Å². The smallest absolute Gasteiger partial charge is 0.303 e. The van der Waals surface area contributed by atoms with Gasteiger partial charge in [-0.3, -0.25) is 15.0 Å². The Morgan fingerprint density at radius 2 is 1.97 bits per heavy atom. The van der Waals surface area contributed by atoms with Gasteiger partial charge in [-0.15, -0.1) is 0 Å². The number of hydrogen-bond donors (Lipinski definition) is 2. The number of pyridine rings is 1. The molecule has 1 fully saturated rings. The first-order valence-corrected chi connectivity index (χ1v) is 13.8. The van der Waals surface area contributed by atoms with Crippen LogP contribution in [0.25, 0.3) is 0 Å². The minimum atomic E-state index is -0.821. The number of carboxylic acid groups (broad SMARTS) is 1. The van der Waals surface area contributed by atoms with Gasteiger partial charge < -0.3 is 14.7 Å². The Morgan fingerprint density at radius 3 is 2.64 bits per heavy atom. The molecular formula is C31H38N4O4. The summed E-state index contributed by atoms with van der Waals surface area (Å²) in [7, 11) is 0. The van der Waals surface area contributed by atoms with E-state index in [1.165, 1.54) is 0 Å². The maximum atomic E-state index is 13.6. The first-order valence-electron chi connectivity index (χ1n) is 13.8. The highest BCUT2D eigenvalue weighted by atomic mass is 16.5. The molecule has 0 saturated heterocycles. The first-order chi connectivity index (χ1) is 18.6. The third-order valence-corrected chi connectivity index (χ3v) is 7.29. The SMILES string of the molecule is CC(C)(C)c1cc(C(=O)CN2Cc3ccc(C4CC4)nc3C2=N)cc(CCCC#N)c1OCCCCC(=O)O. The van der Waals surface area contributed by atoms with E-state index in [1.54, 1.807) is 4.90 Å². The summed E-state index contributed by atoms with van der Waals surface area (Å²) in [6.07, 6.45) is 5.19. The number of hydrogen-bond acceptors (Lipinski definition) is 6. The van der Waals surface area contributed by atoms with Crippen LogP contribution in [0.1, 0.15) is 110 Å². The van der Waals surface area contributed by atoms with Gasteiger partial charge in [-0.1, -0.05) is 26.8 Å². The fourth-order valence-electron chi connectivity index (χ4n) is 4.95. The number of amidine groups is 1. The Morgan fingerprint density at radius 1 is 1.21 bits per heavy atom. The Hall–Kier alpha value is -3.73. The van der Waals surface area contributed by atoms with Gasteiger partial charge in [0.15, 0.2) is 5.78 Å². The quantitative estimate of drug-likeness (QED) is 0.249. The van der Waals surface area contributed by atoms with E-state index in [0.717, 1.165) is 41.0 Å². The van der Waals surface area contributed by atoms with Crippen molar-refractivity contribution in [1.29, 1.82) is 10.7 Å². The van der Waals surface area contributed by atoms with Crippen molar-refractivity contribution < 1.29 is 19.4 Å². The number of Topliss-reactive ketones (excluding diaryl/α,β-unsaturated/α-hetero) is 1. The van der Waals surface area contributed by atoms with E-state index in [-0.39, 0.29) is 24.2 Å². The molecule has 0 radical (unpaired) electrons. The normalized spacial score (nSPS) is 14.7. The number of aliphatic carboxylic acids is 1. The predicted molar refractivity (Wildman–Crippen MR) is 148 cm³/mol. The van der Waals surface area contributed by atoms with Crippen molar-refractivity contribution >= 4 is 17.6 Å². The number of nitrogens with zero attached hydrogens (tertiary/aromatic N) is 3. The molecule has 1 aliphatic carbocycles. The average Bonchev–Trinajstić information content (AvgIpc) is 3.68. The second kappa shape index (κ2) is 12.0. The number of ether oxygens (including phenoxy) is 1. The number of benzene rings is 1. The Labute approximate surface area is 230 Å².